The zero-order chi connectivity index (χ0) is 10.7. The van der Waals surface area contributed by atoms with E-state index in [9.17, 15) is 0 Å². The highest BCUT2D eigenvalue weighted by Crippen LogP contribution is 2.36. The van der Waals surface area contributed by atoms with Crippen molar-refractivity contribution in [2.45, 2.75) is 16.6 Å². The van der Waals surface area contributed by atoms with Gasteiger partial charge in [0.25, 0.3) is 0 Å². The standard InChI is InChI=1S/C11H15NO2S/c1-13-10-6-8(12)2-3-11(10)15-9-4-5-14-7-9/h2-3,6,9H,4-5,7,12H2,1H3. The Hall–Kier alpha value is -0.870. The summed E-state index contributed by atoms with van der Waals surface area (Å²) < 4.78 is 10.6. The Labute approximate surface area is 93.9 Å². The van der Waals surface area contributed by atoms with Crippen molar-refractivity contribution in [1.29, 1.82) is 0 Å². The molecule has 2 N–H and O–H groups in total. The first-order chi connectivity index (χ1) is 7.29. The van der Waals surface area contributed by atoms with Gasteiger partial charge in [-0.1, -0.05) is 0 Å². The van der Waals surface area contributed by atoms with Crippen LogP contribution in [0.15, 0.2) is 23.1 Å². The minimum atomic E-state index is 0.544. The molecule has 0 aromatic heterocycles. The number of methoxy groups -OCH3 is 1. The lowest BCUT2D eigenvalue weighted by atomic mass is 10.3. The summed E-state index contributed by atoms with van der Waals surface area (Å²) in [6.07, 6.45) is 1.11. The van der Waals surface area contributed by atoms with Crippen LogP contribution in [0.25, 0.3) is 0 Å². The van der Waals surface area contributed by atoms with E-state index in [2.05, 4.69) is 0 Å². The SMILES string of the molecule is COc1cc(N)ccc1SC1CCOC1. The summed E-state index contributed by atoms with van der Waals surface area (Å²) in [5.41, 5.74) is 6.43. The van der Waals surface area contributed by atoms with E-state index < -0.39 is 0 Å². The highest BCUT2D eigenvalue weighted by molar-refractivity contribution is 8.00. The molecule has 0 aliphatic carbocycles. The zero-order valence-electron chi connectivity index (χ0n) is 8.73. The molecule has 1 aromatic rings. The summed E-state index contributed by atoms with van der Waals surface area (Å²) >= 11 is 1.81. The van der Waals surface area contributed by atoms with Crippen LogP contribution in [-0.4, -0.2) is 25.6 Å². The Morgan fingerprint density at radius 3 is 3.07 bits per heavy atom. The molecule has 0 bridgehead atoms. The van der Waals surface area contributed by atoms with Crippen molar-refractivity contribution in [1.82, 2.24) is 0 Å². The quantitative estimate of drug-likeness (QED) is 0.801. The van der Waals surface area contributed by atoms with Crippen molar-refractivity contribution in [2.75, 3.05) is 26.1 Å². The first kappa shape index (κ1) is 10.6. The number of thioether (sulfide) groups is 1. The van der Waals surface area contributed by atoms with Crippen LogP contribution in [0.3, 0.4) is 0 Å². The highest BCUT2D eigenvalue weighted by Gasteiger charge is 2.18. The number of hydrogen-bond donors (Lipinski definition) is 1. The van der Waals surface area contributed by atoms with Gasteiger partial charge in [0.15, 0.2) is 0 Å². The molecule has 0 spiro atoms. The largest absolute Gasteiger partial charge is 0.496 e. The number of nitrogens with two attached hydrogens (primary N) is 1. The summed E-state index contributed by atoms with van der Waals surface area (Å²) in [6, 6.07) is 5.77. The molecule has 2 rings (SSSR count). The lowest BCUT2D eigenvalue weighted by Gasteiger charge is -2.11. The third kappa shape index (κ3) is 2.58. The molecule has 1 unspecified atom stereocenters. The van der Waals surface area contributed by atoms with Crippen LogP contribution >= 0.6 is 11.8 Å². The number of ether oxygens (including phenoxy) is 2. The summed E-state index contributed by atoms with van der Waals surface area (Å²) in [4.78, 5) is 1.14. The van der Waals surface area contributed by atoms with Gasteiger partial charge in [-0.15, -0.1) is 11.8 Å². The van der Waals surface area contributed by atoms with E-state index in [4.69, 9.17) is 15.2 Å². The third-order valence-electron chi connectivity index (χ3n) is 2.37. The second kappa shape index (κ2) is 4.77. The molecular formula is C11H15NO2S. The van der Waals surface area contributed by atoms with Gasteiger partial charge in [0.05, 0.1) is 13.7 Å². The molecule has 0 amide bonds. The molecule has 1 aliphatic rings. The first-order valence-electron chi connectivity index (χ1n) is 4.97. The Bertz CT molecular complexity index is 337. The maximum Gasteiger partial charge on any atom is 0.134 e. The lowest BCUT2D eigenvalue weighted by Crippen LogP contribution is -2.01. The fraction of sp³-hybridized carbons (Fsp3) is 0.455. The van der Waals surface area contributed by atoms with Crippen LogP contribution in [-0.2, 0) is 4.74 Å². The van der Waals surface area contributed by atoms with Crippen LogP contribution in [0.4, 0.5) is 5.69 Å². The molecule has 0 saturated carbocycles. The smallest absolute Gasteiger partial charge is 0.134 e. The maximum atomic E-state index is 5.70. The molecule has 1 fully saturated rings. The summed E-state index contributed by atoms with van der Waals surface area (Å²) in [5.74, 6) is 0.854. The van der Waals surface area contributed by atoms with Gasteiger partial charge in [0.2, 0.25) is 0 Å². The summed E-state index contributed by atoms with van der Waals surface area (Å²) in [5, 5.41) is 0.544. The van der Waals surface area contributed by atoms with Crippen molar-refractivity contribution in [3.8, 4) is 5.75 Å². The van der Waals surface area contributed by atoms with Crippen molar-refractivity contribution in [2.24, 2.45) is 0 Å². The van der Waals surface area contributed by atoms with Crippen LogP contribution < -0.4 is 10.5 Å². The minimum Gasteiger partial charge on any atom is -0.496 e. The van der Waals surface area contributed by atoms with Gasteiger partial charge < -0.3 is 15.2 Å². The van der Waals surface area contributed by atoms with Crippen molar-refractivity contribution in [3.63, 3.8) is 0 Å². The fourth-order valence-electron chi connectivity index (χ4n) is 1.57. The second-order valence-electron chi connectivity index (χ2n) is 3.51. The van der Waals surface area contributed by atoms with E-state index in [0.717, 1.165) is 36.0 Å². The number of nitrogen functional groups attached to an aromatic ring is 1. The van der Waals surface area contributed by atoms with E-state index in [1.807, 2.05) is 18.2 Å². The van der Waals surface area contributed by atoms with Crippen LogP contribution in [0.5, 0.6) is 5.75 Å². The predicted octanol–water partition coefficient (Wildman–Crippen LogP) is 2.16. The van der Waals surface area contributed by atoms with Gasteiger partial charge in [-0.2, -0.15) is 0 Å². The van der Waals surface area contributed by atoms with E-state index in [0.29, 0.717) is 5.25 Å². The molecular weight excluding hydrogens is 210 g/mol. The van der Waals surface area contributed by atoms with Gasteiger partial charge in [0.1, 0.15) is 5.75 Å². The van der Waals surface area contributed by atoms with Crippen molar-refractivity contribution < 1.29 is 9.47 Å². The minimum absolute atomic E-state index is 0.544. The Morgan fingerprint density at radius 2 is 2.40 bits per heavy atom. The number of hydrogen-bond acceptors (Lipinski definition) is 4. The monoisotopic (exact) mass is 225 g/mol. The molecule has 1 saturated heterocycles. The molecule has 3 nitrogen and oxygen atoms in total. The van der Waals surface area contributed by atoms with Crippen molar-refractivity contribution >= 4 is 17.4 Å². The van der Waals surface area contributed by atoms with Gasteiger partial charge in [0, 0.05) is 28.5 Å². The molecule has 4 heteroatoms. The van der Waals surface area contributed by atoms with Crippen LogP contribution in [0, 0.1) is 0 Å². The van der Waals surface area contributed by atoms with E-state index in [-0.39, 0.29) is 0 Å². The average molecular weight is 225 g/mol. The number of anilines is 1. The molecule has 1 aliphatic heterocycles. The number of benzene rings is 1. The Morgan fingerprint density at radius 1 is 1.53 bits per heavy atom. The van der Waals surface area contributed by atoms with Gasteiger partial charge in [-0.25, -0.2) is 0 Å². The van der Waals surface area contributed by atoms with Crippen molar-refractivity contribution in [3.05, 3.63) is 18.2 Å². The van der Waals surface area contributed by atoms with Crippen LogP contribution in [0.1, 0.15) is 6.42 Å². The first-order valence-corrected chi connectivity index (χ1v) is 5.85. The van der Waals surface area contributed by atoms with E-state index in [1.165, 1.54) is 0 Å². The predicted molar refractivity (Wildman–Crippen MR) is 62.5 cm³/mol. The van der Waals surface area contributed by atoms with Gasteiger partial charge in [-0.3, -0.25) is 0 Å². The second-order valence-corrected chi connectivity index (χ2v) is 4.86. The molecule has 15 heavy (non-hydrogen) atoms. The number of rotatable bonds is 3. The molecule has 1 aromatic carbocycles. The maximum absolute atomic E-state index is 5.70. The lowest BCUT2D eigenvalue weighted by molar-refractivity contribution is 0.199. The van der Waals surface area contributed by atoms with E-state index in [1.54, 1.807) is 18.9 Å². The fourth-order valence-corrected chi connectivity index (χ4v) is 2.71. The normalized spacial score (nSPS) is 20.5. The van der Waals surface area contributed by atoms with Crippen LogP contribution in [0.2, 0.25) is 0 Å². The zero-order valence-corrected chi connectivity index (χ0v) is 9.55. The van der Waals surface area contributed by atoms with Gasteiger partial charge >= 0.3 is 0 Å². The van der Waals surface area contributed by atoms with E-state index >= 15 is 0 Å². The summed E-state index contributed by atoms with van der Waals surface area (Å²) in [7, 11) is 1.67. The molecule has 1 heterocycles. The van der Waals surface area contributed by atoms with Gasteiger partial charge in [-0.05, 0) is 18.6 Å². The topological polar surface area (TPSA) is 44.5 Å². The molecule has 82 valence electrons. The summed E-state index contributed by atoms with van der Waals surface area (Å²) in [6.45, 7) is 1.70. The Kier molecular flexibility index (Phi) is 3.38. The third-order valence-corrected chi connectivity index (χ3v) is 3.67. The average Bonchev–Trinajstić information content (AvgIpc) is 2.73. The highest BCUT2D eigenvalue weighted by atomic mass is 32.2. The Balaban J connectivity index is 2.12. The molecule has 0 radical (unpaired) electrons. The molecule has 1 atom stereocenters.